The van der Waals surface area contributed by atoms with Gasteiger partial charge in [-0.15, -0.1) is 11.8 Å². The monoisotopic (exact) mass is 334 g/mol. The Hall–Kier alpha value is -1.00. The number of nitrogens with one attached hydrogen (secondary N) is 1. The lowest BCUT2D eigenvalue weighted by Gasteiger charge is -2.20. The van der Waals surface area contributed by atoms with E-state index in [9.17, 15) is 4.79 Å². The van der Waals surface area contributed by atoms with Crippen molar-refractivity contribution < 1.29 is 4.79 Å². The summed E-state index contributed by atoms with van der Waals surface area (Å²) < 4.78 is 0. The lowest BCUT2D eigenvalue weighted by atomic mass is 10.2. The summed E-state index contributed by atoms with van der Waals surface area (Å²) in [7, 11) is 0. The zero-order chi connectivity index (χ0) is 16.3. The van der Waals surface area contributed by atoms with Crippen LogP contribution in [0.4, 0.5) is 0 Å². The van der Waals surface area contributed by atoms with E-state index in [1.165, 1.54) is 44.3 Å². The second kappa shape index (κ2) is 10.7. The molecule has 1 amide bonds. The summed E-state index contributed by atoms with van der Waals surface area (Å²) >= 11 is 1.70. The van der Waals surface area contributed by atoms with E-state index in [0.29, 0.717) is 0 Å². The van der Waals surface area contributed by atoms with Crippen molar-refractivity contribution in [1.29, 1.82) is 0 Å². The third kappa shape index (κ3) is 7.40. The Bertz CT molecular complexity index is 444. The van der Waals surface area contributed by atoms with Gasteiger partial charge in [-0.1, -0.05) is 43.2 Å². The Morgan fingerprint density at radius 1 is 1.17 bits per heavy atom. The summed E-state index contributed by atoms with van der Waals surface area (Å²) in [5.74, 6) is 1.06. The summed E-state index contributed by atoms with van der Waals surface area (Å²) in [6, 6.07) is 10.3. The van der Waals surface area contributed by atoms with Gasteiger partial charge in [-0.25, -0.2) is 0 Å². The fraction of sp³-hybridized carbons (Fsp3) is 0.632. The molecule has 1 atom stereocenters. The second-order valence-electron chi connectivity index (χ2n) is 6.34. The minimum Gasteiger partial charge on any atom is -0.355 e. The first-order valence-corrected chi connectivity index (χ1v) is 9.96. The number of amides is 1. The first kappa shape index (κ1) is 18.3. The van der Waals surface area contributed by atoms with Gasteiger partial charge in [0.2, 0.25) is 5.91 Å². The lowest BCUT2D eigenvalue weighted by Crippen LogP contribution is -2.34. The van der Waals surface area contributed by atoms with Gasteiger partial charge < -0.3 is 10.2 Å². The van der Waals surface area contributed by atoms with Crippen LogP contribution in [0.25, 0.3) is 0 Å². The van der Waals surface area contributed by atoms with E-state index in [4.69, 9.17) is 0 Å². The molecule has 0 spiro atoms. The first-order valence-electron chi connectivity index (χ1n) is 8.91. The van der Waals surface area contributed by atoms with Gasteiger partial charge in [-0.05, 0) is 51.4 Å². The third-order valence-electron chi connectivity index (χ3n) is 4.36. The fourth-order valence-corrected chi connectivity index (χ4v) is 3.76. The molecule has 0 aromatic heterocycles. The number of carbonyl (C=O) groups excluding carboxylic acids is 1. The van der Waals surface area contributed by atoms with E-state index in [-0.39, 0.29) is 11.2 Å². The average Bonchev–Trinajstić information content (AvgIpc) is 2.86. The molecule has 1 aliphatic rings. The highest BCUT2D eigenvalue weighted by Crippen LogP contribution is 2.17. The first-order chi connectivity index (χ1) is 11.3. The molecule has 1 fully saturated rings. The van der Waals surface area contributed by atoms with E-state index in [1.54, 1.807) is 11.8 Å². The van der Waals surface area contributed by atoms with E-state index in [1.807, 2.05) is 25.1 Å². The molecule has 0 unspecified atom stereocenters. The van der Waals surface area contributed by atoms with Crippen LogP contribution in [0.1, 0.15) is 44.6 Å². The number of rotatable bonds is 8. The topological polar surface area (TPSA) is 32.3 Å². The molecule has 23 heavy (non-hydrogen) atoms. The van der Waals surface area contributed by atoms with Crippen LogP contribution in [-0.2, 0) is 10.5 Å². The van der Waals surface area contributed by atoms with Crippen molar-refractivity contribution in [3.63, 3.8) is 0 Å². The summed E-state index contributed by atoms with van der Waals surface area (Å²) in [6.07, 6.45) is 6.48. The molecule has 3 nitrogen and oxygen atoms in total. The molecule has 4 heteroatoms. The second-order valence-corrected chi connectivity index (χ2v) is 7.67. The highest BCUT2D eigenvalue weighted by Gasteiger charge is 2.13. The van der Waals surface area contributed by atoms with Crippen LogP contribution in [-0.4, -0.2) is 42.2 Å². The van der Waals surface area contributed by atoms with Gasteiger partial charge >= 0.3 is 0 Å². The fourth-order valence-electron chi connectivity index (χ4n) is 2.89. The maximum atomic E-state index is 12.1. The summed E-state index contributed by atoms with van der Waals surface area (Å²) in [5.41, 5.74) is 1.28. The SMILES string of the molecule is C[C@@H](SCc1ccccc1)C(=O)NCCCN1CCCCCC1. The van der Waals surface area contributed by atoms with Crippen molar-refractivity contribution in [1.82, 2.24) is 10.2 Å². The molecule has 1 aromatic rings. The van der Waals surface area contributed by atoms with Gasteiger partial charge in [0.25, 0.3) is 0 Å². The number of hydrogen-bond acceptors (Lipinski definition) is 3. The Labute approximate surface area is 145 Å². The van der Waals surface area contributed by atoms with Crippen LogP contribution in [0.3, 0.4) is 0 Å². The van der Waals surface area contributed by atoms with Crippen LogP contribution in [0.15, 0.2) is 30.3 Å². The summed E-state index contributed by atoms with van der Waals surface area (Å²) in [4.78, 5) is 14.7. The van der Waals surface area contributed by atoms with Crippen LogP contribution < -0.4 is 5.32 Å². The van der Waals surface area contributed by atoms with Crippen molar-refractivity contribution in [2.24, 2.45) is 0 Å². The highest BCUT2D eigenvalue weighted by atomic mass is 32.2. The predicted molar refractivity (Wildman–Crippen MR) is 99.7 cm³/mol. The van der Waals surface area contributed by atoms with Gasteiger partial charge in [-0.2, -0.15) is 0 Å². The molecule has 0 radical (unpaired) electrons. The summed E-state index contributed by atoms with van der Waals surface area (Å²) in [6.45, 7) is 6.38. The summed E-state index contributed by atoms with van der Waals surface area (Å²) in [5, 5.41) is 3.10. The van der Waals surface area contributed by atoms with Crippen LogP contribution in [0, 0.1) is 0 Å². The molecule has 0 bridgehead atoms. The maximum Gasteiger partial charge on any atom is 0.232 e. The standard InChI is InChI=1S/C19H30N2OS/c1-17(23-16-18-10-5-4-6-11-18)19(22)20-12-9-15-21-13-7-2-3-8-14-21/h4-6,10-11,17H,2-3,7-9,12-16H2,1H3,(H,20,22)/t17-/m1/s1. The number of benzene rings is 1. The van der Waals surface area contributed by atoms with Gasteiger partial charge in [0, 0.05) is 12.3 Å². The molecule has 1 heterocycles. The van der Waals surface area contributed by atoms with E-state index in [2.05, 4.69) is 22.3 Å². The van der Waals surface area contributed by atoms with Gasteiger partial charge in [0.05, 0.1) is 5.25 Å². The molecule has 2 rings (SSSR count). The average molecular weight is 335 g/mol. The molecule has 1 aliphatic heterocycles. The molecule has 1 aromatic carbocycles. The Morgan fingerprint density at radius 3 is 2.57 bits per heavy atom. The lowest BCUT2D eigenvalue weighted by molar-refractivity contribution is -0.120. The largest absolute Gasteiger partial charge is 0.355 e. The zero-order valence-electron chi connectivity index (χ0n) is 14.3. The minimum absolute atomic E-state index is 0.00777. The molecule has 0 aliphatic carbocycles. The van der Waals surface area contributed by atoms with Crippen LogP contribution >= 0.6 is 11.8 Å². The Kier molecular flexibility index (Phi) is 8.54. The molecular weight excluding hydrogens is 304 g/mol. The number of likely N-dealkylation sites (tertiary alicyclic amines) is 1. The molecule has 128 valence electrons. The van der Waals surface area contributed by atoms with E-state index < -0.39 is 0 Å². The number of hydrogen-bond donors (Lipinski definition) is 1. The molecule has 0 saturated carbocycles. The van der Waals surface area contributed by atoms with Gasteiger partial charge in [-0.3, -0.25) is 4.79 Å². The van der Waals surface area contributed by atoms with E-state index in [0.717, 1.165) is 25.3 Å². The van der Waals surface area contributed by atoms with Crippen LogP contribution in [0.2, 0.25) is 0 Å². The number of nitrogens with zero attached hydrogens (tertiary/aromatic N) is 1. The number of carbonyl (C=O) groups is 1. The maximum absolute atomic E-state index is 12.1. The third-order valence-corrected chi connectivity index (χ3v) is 5.58. The Balaban J connectivity index is 1.56. The zero-order valence-corrected chi connectivity index (χ0v) is 15.1. The smallest absolute Gasteiger partial charge is 0.232 e. The Morgan fingerprint density at radius 2 is 1.87 bits per heavy atom. The van der Waals surface area contributed by atoms with Crippen molar-refractivity contribution >= 4 is 17.7 Å². The quantitative estimate of drug-likeness (QED) is 0.736. The van der Waals surface area contributed by atoms with Crippen molar-refractivity contribution in [3.8, 4) is 0 Å². The van der Waals surface area contributed by atoms with Gasteiger partial charge in [0.15, 0.2) is 0 Å². The number of thioether (sulfide) groups is 1. The van der Waals surface area contributed by atoms with Crippen LogP contribution in [0.5, 0.6) is 0 Å². The highest BCUT2D eigenvalue weighted by molar-refractivity contribution is 7.99. The van der Waals surface area contributed by atoms with E-state index >= 15 is 0 Å². The molecular formula is C19H30N2OS. The molecule has 1 saturated heterocycles. The van der Waals surface area contributed by atoms with Crippen molar-refractivity contribution in [3.05, 3.63) is 35.9 Å². The van der Waals surface area contributed by atoms with Crippen molar-refractivity contribution in [2.75, 3.05) is 26.2 Å². The normalized spacial score (nSPS) is 17.4. The molecule has 1 N–H and O–H groups in total. The minimum atomic E-state index is 0.00777. The van der Waals surface area contributed by atoms with Gasteiger partial charge in [0.1, 0.15) is 0 Å². The predicted octanol–water partition coefficient (Wildman–Crippen LogP) is 3.69. The van der Waals surface area contributed by atoms with Crippen molar-refractivity contribution in [2.45, 2.75) is 50.0 Å².